The third kappa shape index (κ3) is 3.27. The molecule has 1 aromatic rings. The highest BCUT2D eigenvalue weighted by Crippen LogP contribution is 2.24. The Morgan fingerprint density at radius 1 is 1.33 bits per heavy atom. The third-order valence-corrected chi connectivity index (χ3v) is 4.39. The minimum Gasteiger partial charge on any atom is -0.311 e. The van der Waals surface area contributed by atoms with Crippen LogP contribution in [0.5, 0.6) is 0 Å². The summed E-state index contributed by atoms with van der Waals surface area (Å²) in [5.74, 6) is 0.858. The topological polar surface area (TPSA) is 29.9 Å². The Bertz CT molecular complexity index is 381. The van der Waals surface area contributed by atoms with E-state index in [0.29, 0.717) is 0 Å². The summed E-state index contributed by atoms with van der Waals surface area (Å²) in [6.45, 7) is 4.04. The number of aromatic nitrogens is 2. The molecule has 1 N–H and O–H groups in total. The van der Waals surface area contributed by atoms with Crippen LogP contribution >= 0.6 is 11.6 Å². The fraction of sp³-hybridized carbons (Fsp3) is 0.786. The normalized spacial score (nSPS) is 17.3. The van der Waals surface area contributed by atoms with E-state index in [1.807, 2.05) is 11.7 Å². The molecule has 0 saturated heterocycles. The van der Waals surface area contributed by atoms with Gasteiger partial charge in [-0.05, 0) is 31.7 Å². The zero-order valence-electron chi connectivity index (χ0n) is 11.5. The molecule has 1 heterocycles. The van der Waals surface area contributed by atoms with Crippen molar-refractivity contribution in [1.82, 2.24) is 15.1 Å². The van der Waals surface area contributed by atoms with Crippen molar-refractivity contribution in [2.75, 3.05) is 6.54 Å². The molecule has 1 fully saturated rings. The smallest absolute Gasteiger partial charge is 0.0863 e. The van der Waals surface area contributed by atoms with E-state index in [-0.39, 0.29) is 0 Å². The van der Waals surface area contributed by atoms with Crippen LogP contribution in [-0.4, -0.2) is 16.3 Å². The molecule has 0 spiro atoms. The summed E-state index contributed by atoms with van der Waals surface area (Å²) < 4.78 is 1.91. The van der Waals surface area contributed by atoms with Crippen LogP contribution in [0.2, 0.25) is 5.02 Å². The lowest BCUT2D eigenvalue weighted by molar-refractivity contribution is 0.340. The van der Waals surface area contributed by atoms with Crippen molar-refractivity contribution in [2.45, 2.75) is 52.0 Å². The molecule has 1 saturated carbocycles. The van der Waals surface area contributed by atoms with Gasteiger partial charge in [-0.2, -0.15) is 5.10 Å². The van der Waals surface area contributed by atoms with E-state index >= 15 is 0 Å². The van der Waals surface area contributed by atoms with Gasteiger partial charge in [-0.1, -0.05) is 37.8 Å². The van der Waals surface area contributed by atoms with E-state index in [0.717, 1.165) is 41.8 Å². The lowest BCUT2D eigenvalue weighted by atomic mass is 9.89. The van der Waals surface area contributed by atoms with Crippen molar-refractivity contribution in [3.05, 3.63) is 16.4 Å². The Labute approximate surface area is 115 Å². The molecule has 3 nitrogen and oxygen atoms in total. The first kappa shape index (κ1) is 13.9. The van der Waals surface area contributed by atoms with Crippen molar-refractivity contribution in [1.29, 1.82) is 0 Å². The Morgan fingerprint density at radius 2 is 2.06 bits per heavy atom. The fourth-order valence-electron chi connectivity index (χ4n) is 2.80. The van der Waals surface area contributed by atoms with Crippen LogP contribution in [0.25, 0.3) is 0 Å². The van der Waals surface area contributed by atoms with Gasteiger partial charge in [-0.25, -0.2) is 0 Å². The van der Waals surface area contributed by atoms with E-state index < -0.39 is 0 Å². The monoisotopic (exact) mass is 269 g/mol. The minimum atomic E-state index is 0.832. The molecule has 0 aromatic carbocycles. The highest BCUT2D eigenvalue weighted by atomic mass is 35.5. The van der Waals surface area contributed by atoms with Gasteiger partial charge in [0, 0.05) is 13.6 Å². The van der Waals surface area contributed by atoms with Crippen molar-refractivity contribution in [3.8, 4) is 0 Å². The van der Waals surface area contributed by atoms with Crippen molar-refractivity contribution in [2.24, 2.45) is 13.0 Å². The summed E-state index contributed by atoms with van der Waals surface area (Å²) in [6, 6.07) is 0. The number of aryl methyl sites for hydroxylation is 2. The Kier molecular flexibility index (Phi) is 5.07. The number of nitrogens with one attached hydrogen (secondary N) is 1. The van der Waals surface area contributed by atoms with Crippen LogP contribution in [0.15, 0.2) is 0 Å². The van der Waals surface area contributed by atoms with E-state index in [1.165, 1.54) is 32.1 Å². The maximum Gasteiger partial charge on any atom is 0.0863 e. The first-order valence-electron chi connectivity index (χ1n) is 7.13. The highest BCUT2D eigenvalue weighted by molar-refractivity contribution is 6.31. The molecule has 1 aromatic heterocycles. The van der Waals surface area contributed by atoms with Gasteiger partial charge in [0.15, 0.2) is 0 Å². The molecule has 0 unspecified atom stereocenters. The molecular formula is C14H24ClN3. The summed E-state index contributed by atoms with van der Waals surface area (Å²) in [6.07, 6.45) is 7.88. The molecule has 1 aliphatic carbocycles. The quantitative estimate of drug-likeness (QED) is 0.889. The summed E-state index contributed by atoms with van der Waals surface area (Å²) in [5.41, 5.74) is 2.12. The number of hydrogen-bond acceptors (Lipinski definition) is 2. The number of hydrogen-bond donors (Lipinski definition) is 1. The minimum absolute atomic E-state index is 0.832. The van der Waals surface area contributed by atoms with Gasteiger partial charge >= 0.3 is 0 Å². The van der Waals surface area contributed by atoms with Gasteiger partial charge in [-0.3, -0.25) is 4.68 Å². The zero-order chi connectivity index (χ0) is 13.0. The molecule has 18 heavy (non-hydrogen) atoms. The van der Waals surface area contributed by atoms with E-state index in [4.69, 9.17) is 11.6 Å². The summed E-state index contributed by atoms with van der Waals surface area (Å²) in [7, 11) is 1.97. The standard InChI is InChI=1S/C14H24ClN3/c1-3-12-14(15)13(18(2)17-12)10-16-9-11-7-5-4-6-8-11/h11,16H,3-10H2,1-2H3. The first-order chi connectivity index (χ1) is 8.72. The first-order valence-corrected chi connectivity index (χ1v) is 7.51. The molecule has 0 bridgehead atoms. The van der Waals surface area contributed by atoms with Crippen LogP contribution in [0.3, 0.4) is 0 Å². The maximum atomic E-state index is 6.33. The van der Waals surface area contributed by atoms with Crippen LogP contribution in [0, 0.1) is 5.92 Å². The van der Waals surface area contributed by atoms with Gasteiger partial charge in [0.05, 0.1) is 16.4 Å². The lowest BCUT2D eigenvalue weighted by Gasteiger charge is -2.21. The van der Waals surface area contributed by atoms with Crippen LogP contribution in [-0.2, 0) is 20.0 Å². The Hall–Kier alpha value is -0.540. The largest absolute Gasteiger partial charge is 0.311 e. The SMILES string of the molecule is CCc1nn(C)c(CNCC2CCCCC2)c1Cl. The average Bonchev–Trinajstić information content (AvgIpc) is 2.67. The zero-order valence-corrected chi connectivity index (χ0v) is 12.3. The predicted molar refractivity (Wildman–Crippen MR) is 75.9 cm³/mol. The number of rotatable bonds is 5. The average molecular weight is 270 g/mol. The van der Waals surface area contributed by atoms with Crippen LogP contribution in [0.4, 0.5) is 0 Å². The van der Waals surface area contributed by atoms with E-state index in [2.05, 4.69) is 17.3 Å². The lowest BCUT2D eigenvalue weighted by Crippen LogP contribution is -2.25. The highest BCUT2D eigenvalue weighted by Gasteiger charge is 2.15. The number of halogens is 1. The van der Waals surface area contributed by atoms with Crippen molar-refractivity contribution in [3.63, 3.8) is 0 Å². The van der Waals surface area contributed by atoms with Gasteiger partial charge in [0.1, 0.15) is 0 Å². The molecule has 4 heteroatoms. The molecule has 1 aliphatic rings. The molecule has 0 radical (unpaired) electrons. The second kappa shape index (κ2) is 6.58. The Morgan fingerprint density at radius 3 is 2.67 bits per heavy atom. The second-order valence-corrected chi connectivity index (χ2v) is 5.70. The van der Waals surface area contributed by atoms with Crippen molar-refractivity contribution < 1.29 is 0 Å². The molecule has 0 aliphatic heterocycles. The summed E-state index contributed by atoms with van der Waals surface area (Å²) in [5, 5.41) is 8.83. The van der Waals surface area contributed by atoms with Gasteiger partial charge in [-0.15, -0.1) is 0 Å². The second-order valence-electron chi connectivity index (χ2n) is 5.32. The van der Waals surface area contributed by atoms with Gasteiger partial charge in [0.25, 0.3) is 0 Å². The Balaban J connectivity index is 1.84. The van der Waals surface area contributed by atoms with E-state index in [9.17, 15) is 0 Å². The summed E-state index contributed by atoms with van der Waals surface area (Å²) >= 11 is 6.33. The predicted octanol–water partition coefficient (Wildman–Crippen LogP) is 3.31. The summed E-state index contributed by atoms with van der Waals surface area (Å²) in [4.78, 5) is 0. The molecular weight excluding hydrogens is 246 g/mol. The van der Waals surface area contributed by atoms with Crippen LogP contribution < -0.4 is 5.32 Å². The molecule has 2 rings (SSSR count). The molecule has 102 valence electrons. The molecule has 0 atom stereocenters. The van der Waals surface area contributed by atoms with Gasteiger partial charge in [0.2, 0.25) is 0 Å². The third-order valence-electron chi connectivity index (χ3n) is 3.95. The van der Waals surface area contributed by atoms with Gasteiger partial charge < -0.3 is 5.32 Å². The molecule has 0 amide bonds. The maximum absolute atomic E-state index is 6.33. The van der Waals surface area contributed by atoms with Crippen molar-refractivity contribution >= 4 is 11.6 Å². The van der Waals surface area contributed by atoms with E-state index in [1.54, 1.807) is 0 Å². The fourth-order valence-corrected chi connectivity index (χ4v) is 3.16. The number of nitrogens with zero attached hydrogens (tertiary/aromatic N) is 2. The van der Waals surface area contributed by atoms with Crippen LogP contribution in [0.1, 0.15) is 50.4 Å².